The summed E-state index contributed by atoms with van der Waals surface area (Å²) in [5, 5.41) is 9.00. The second kappa shape index (κ2) is 6.23. The number of amides is 2. The fraction of sp³-hybridized carbons (Fsp3) is 0.333. The van der Waals surface area contributed by atoms with Crippen LogP contribution in [0.25, 0.3) is 0 Å². The molecule has 0 radical (unpaired) electrons. The molecule has 0 unspecified atom stereocenters. The molecule has 1 N–H and O–H groups in total. The smallest absolute Gasteiger partial charge is 0.417 e. The van der Waals surface area contributed by atoms with Crippen LogP contribution in [0.5, 0.6) is 0 Å². The highest BCUT2D eigenvalue weighted by Gasteiger charge is 2.38. The molecule has 0 aromatic heterocycles. The first-order valence-corrected chi connectivity index (χ1v) is 6.50. The minimum Gasteiger partial charge on any atom is -0.513 e. The number of carbonyl (C=O) groups excluding carboxylic acids is 2. The van der Waals surface area contributed by atoms with E-state index in [1.165, 1.54) is 0 Å². The normalized spacial score (nSPS) is 17.9. The van der Waals surface area contributed by atoms with E-state index in [2.05, 4.69) is 6.58 Å². The summed E-state index contributed by atoms with van der Waals surface area (Å²) in [6.45, 7) is 3.55. The zero-order valence-electron chi connectivity index (χ0n) is 11.1. The van der Waals surface area contributed by atoms with Gasteiger partial charge in [0.1, 0.15) is 12.6 Å². The highest BCUT2D eigenvalue weighted by Crippen LogP contribution is 2.28. The number of hydrogen-bond acceptors (Lipinski definition) is 4. The number of ether oxygens (including phenoxy) is 1. The molecule has 1 saturated heterocycles. The number of hydrogen-bond donors (Lipinski definition) is 1. The lowest BCUT2D eigenvalue weighted by molar-refractivity contribution is -0.129. The van der Waals surface area contributed by atoms with Crippen molar-refractivity contribution in [3.63, 3.8) is 0 Å². The molecule has 1 aliphatic rings. The Morgan fingerprint density at radius 3 is 2.70 bits per heavy atom. The first-order valence-electron chi connectivity index (χ1n) is 6.50. The van der Waals surface area contributed by atoms with Crippen molar-refractivity contribution < 1.29 is 19.4 Å². The molecule has 1 atom stereocenters. The third-order valence-corrected chi connectivity index (χ3v) is 3.18. The van der Waals surface area contributed by atoms with Crippen molar-refractivity contribution in [2.45, 2.75) is 25.3 Å². The van der Waals surface area contributed by atoms with Crippen LogP contribution in [-0.2, 0) is 9.53 Å². The highest BCUT2D eigenvalue weighted by molar-refractivity contribution is 5.93. The lowest BCUT2D eigenvalue weighted by Crippen LogP contribution is -2.34. The number of rotatable bonds is 5. The molecule has 0 bridgehead atoms. The largest absolute Gasteiger partial charge is 0.513 e. The summed E-state index contributed by atoms with van der Waals surface area (Å²) in [7, 11) is 0. The van der Waals surface area contributed by atoms with Crippen molar-refractivity contribution in [2.75, 3.05) is 6.61 Å². The van der Waals surface area contributed by atoms with Crippen molar-refractivity contribution >= 4 is 12.0 Å². The van der Waals surface area contributed by atoms with Crippen molar-refractivity contribution in [1.82, 2.24) is 4.90 Å². The number of carbonyl (C=O) groups is 2. The zero-order valence-corrected chi connectivity index (χ0v) is 11.1. The third kappa shape index (κ3) is 3.17. The molecule has 2 amide bonds. The molecule has 5 nitrogen and oxygen atoms in total. The van der Waals surface area contributed by atoms with Crippen LogP contribution in [0.1, 0.15) is 30.9 Å². The maximum Gasteiger partial charge on any atom is 0.417 e. The number of allylic oxidation sites excluding steroid dienone is 1. The predicted octanol–water partition coefficient (Wildman–Crippen LogP) is 2.95. The minimum absolute atomic E-state index is 0.0430. The maximum absolute atomic E-state index is 12.1. The topological polar surface area (TPSA) is 66.8 Å². The average Bonchev–Trinajstić information content (AvgIpc) is 2.81. The summed E-state index contributed by atoms with van der Waals surface area (Å²) in [5.74, 6) is -0.246. The molecule has 0 aliphatic carbocycles. The van der Waals surface area contributed by atoms with Crippen LogP contribution in [0.3, 0.4) is 0 Å². The first-order chi connectivity index (χ1) is 9.59. The minimum atomic E-state index is -0.605. The van der Waals surface area contributed by atoms with Crippen molar-refractivity contribution in [3.05, 3.63) is 48.2 Å². The summed E-state index contributed by atoms with van der Waals surface area (Å²) < 4.78 is 4.98. The van der Waals surface area contributed by atoms with Gasteiger partial charge in [0.05, 0.1) is 5.76 Å². The Hall–Kier alpha value is -2.30. The van der Waals surface area contributed by atoms with Gasteiger partial charge in [-0.05, 0) is 12.0 Å². The highest BCUT2D eigenvalue weighted by atomic mass is 16.6. The summed E-state index contributed by atoms with van der Waals surface area (Å²) in [4.78, 5) is 25.0. The summed E-state index contributed by atoms with van der Waals surface area (Å²) in [6.07, 6.45) is 0.383. The van der Waals surface area contributed by atoms with Gasteiger partial charge in [0.25, 0.3) is 0 Å². The SMILES string of the molecule is C=C(O)CCCC(=O)N1C(=O)OC[C@H]1c1ccccc1. The number of nitrogens with zero attached hydrogens (tertiary/aromatic N) is 1. The van der Waals surface area contributed by atoms with Crippen LogP contribution in [0, 0.1) is 0 Å². The molecule has 1 heterocycles. The van der Waals surface area contributed by atoms with Gasteiger partial charge in [-0.3, -0.25) is 4.79 Å². The Labute approximate surface area is 117 Å². The predicted molar refractivity (Wildman–Crippen MR) is 73.0 cm³/mol. The van der Waals surface area contributed by atoms with Crippen LogP contribution in [-0.4, -0.2) is 28.6 Å². The van der Waals surface area contributed by atoms with Crippen molar-refractivity contribution in [2.24, 2.45) is 0 Å². The van der Waals surface area contributed by atoms with Gasteiger partial charge in [0.15, 0.2) is 0 Å². The van der Waals surface area contributed by atoms with E-state index in [0.717, 1.165) is 10.5 Å². The van der Waals surface area contributed by atoms with Crippen LogP contribution in [0.4, 0.5) is 4.79 Å². The molecule has 20 heavy (non-hydrogen) atoms. The number of imide groups is 1. The molecule has 0 saturated carbocycles. The zero-order chi connectivity index (χ0) is 14.5. The second-order valence-corrected chi connectivity index (χ2v) is 4.69. The average molecular weight is 275 g/mol. The summed E-state index contributed by atoms with van der Waals surface area (Å²) in [6, 6.07) is 8.95. The van der Waals surface area contributed by atoms with Gasteiger partial charge in [-0.2, -0.15) is 0 Å². The fourth-order valence-corrected chi connectivity index (χ4v) is 2.18. The number of aliphatic hydroxyl groups excluding tert-OH is 1. The molecule has 1 aromatic rings. The molecule has 106 valence electrons. The Morgan fingerprint density at radius 2 is 2.05 bits per heavy atom. The van der Waals surface area contributed by atoms with Gasteiger partial charge in [-0.1, -0.05) is 36.9 Å². The molecular weight excluding hydrogens is 258 g/mol. The monoisotopic (exact) mass is 275 g/mol. The third-order valence-electron chi connectivity index (χ3n) is 3.18. The standard InChI is InChI=1S/C15H17NO4/c1-11(17)6-5-9-14(18)16-13(10-20-15(16)19)12-7-3-2-4-8-12/h2-4,7-8,13,17H,1,5-6,9-10H2/t13-/m0/s1. The van der Waals surface area contributed by atoms with E-state index >= 15 is 0 Å². The summed E-state index contributed by atoms with van der Waals surface area (Å²) in [5.41, 5.74) is 0.873. The van der Waals surface area contributed by atoms with E-state index in [1.807, 2.05) is 30.3 Å². The van der Waals surface area contributed by atoms with Crippen LogP contribution in [0.2, 0.25) is 0 Å². The van der Waals surface area contributed by atoms with Crippen molar-refractivity contribution in [1.29, 1.82) is 0 Å². The molecular formula is C15H17NO4. The van der Waals surface area contributed by atoms with Gasteiger partial charge in [-0.15, -0.1) is 0 Å². The fourth-order valence-electron chi connectivity index (χ4n) is 2.18. The second-order valence-electron chi connectivity index (χ2n) is 4.69. The maximum atomic E-state index is 12.1. The molecule has 0 spiro atoms. The molecule has 1 aliphatic heterocycles. The lowest BCUT2D eigenvalue weighted by Gasteiger charge is -2.19. The Bertz CT molecular complexity index is 512. The quantitative estimate of drug-likeness (QED) is 0.839. The summed E-state index contributed by atoms with van der Waals surface area (Å²) >= 11 is 0. The number of cyclic esters (lactones) is 1. The van der Waals surface area contributed by atoms with Gasteiger partial charge in [0.2, 0.25) is 5.91 Å². The van der Waals surface area contributed by atoms with E-state index in [-0.39, 0.29) is 30.7 Å². The van der Waals surface area contributed by atoms with Gasteiger partial charge in [0, 0.05) is 12.8 Å². The van der Waals surface area contributed by atoms with E-state index in [9.17, 15) is 9.59 Å². The van der Waals surface area contributed by atoms with Gasteiger partial charge in [-0.25, -0.2) is 9.69 Å². The van der Waals surface area contributed by atoms with Gasteiger partial charge >= 0.3 is 6.09 Å². The van der Waals surface area contributed by atoms with E-state index in [1.54, 1.807) is 0 Å². The molecule has 1 aromatic carbocycles. The van der Waals surface area contributed by atoms with E-state index in [4.69, 9.17) is 9.84 Å². The van der Waals surface area contributed by atoms with Crippen LogP contribution >= 0.6 is 0 Å². The Morgan fingerprint density at radius 1 is 1.35 bits per heavy atom. The lowest BCUT2D eigenvalue weighted by atomic mass is 10.1. The van der Waals surface area contributed by atoms with Crippen LogP contribution < -0.4 is 0 Å². The number of aliphatic hydroxyl groups is 1. The number of benzene rings is 1. The molecule has 5 heteroatoms. The first kappa shape index (κ1) is 14.1. The van der Waals surface area contributed by atoms with E-state index in [0.29, 0.717) is 12.8 Å². The van der Waals surface area contributed by atoms with Gasteiger partial charge < -0.3 is 9.84 Å². The van der Waals surface area contributed by atoms with E-state index < -0.39 is 6.09 Å². The van der Waals surface area contributed by atoms with Crippen LogP contribution in [0.15, 0.2) is 42.7 Å². The molecule has 1 fully saturated rings. The molecule has 2 rings (SSSR count). The van der Waals surface area contributed by atoms with Crippen molar-refractivity contribution in [3.8, 4) is 0 Å². The Kier molecular flexibility index (Phi) is 4.40. The Balaban J connectivity index is 2.05.